The molecule has 0 radical (unpaired) electrons. The van der Waals surface area contributed by atoms with Crippen LogP contribution in [0.4, 0.5) is 5.69 Å². The van der Waals surface area contributed by atoms with Crippen molar-refractivity contribution in [3.05, 3.63) is 24.3 Å². The van der Waals surface area contributed by atoms with Crippen molar-refractivity contribution in [2.24, 2.45) is 0 Å². The Morgan fingerprint density at radius 2 is 1.71 bits per heavy atom. The minimum atomic E-state index is -3.12. The quantitative estimate of drug-likeness (QED) is 0.875. The van der Waals surface area contributed by atoms with Crippen molar-refractivity contribution < 1.29 is 13.2 Å². The summed E-state index contributed by atoms with van der Waals surface area (Å²) in [6.07, 6.45) is 1.29. The Morgan fingerprint density at radius 3 is 2.12 bits per heavy atom. The summed E-state index contributed by atoms with van der Waals surface area (Å²) in [5.74, 6) is 0. The molecule has 1 aromatic rings. The molecule has 0 aromatic heterocycles. The standard InChI is InChI=1S/C12H19NO3S/c1-9(10(2)16-3)13-11-5-7-12(8-6-11)17(4,14)15/h5-10,13H,1-4H3. The lowest BCUT2D eigenvalue weighted by atomic mass is 10.2. The molecule has 0 saturated carbocycles. The van der Waals surface area contributed by atoms with E-state index in [-0.39, 0.29) is 12.1 Å². The van der Waals surface area contributed by atoms with E-state index in [1.807, 2.05) is 13.8 Å². The second-order valence-corrected chi connectivity index (χ2v) is 6.19. The number of hydrogen-bond donors (Lipinski definition) is 1. The molecule has 0 amide bonds. The van der Waals surface area contributed by atoms with Crippen molar-refractivity contribution in [1.82, 2.24) is 0 Å². The highest BCUT2D eigenvalue weighted by Gasteiger charge is 2.11. The van der Waals surface area contributed by atoms with Crippen molar-refractivity contribution in [1.29, 1.82) is 0 Å². The van der Waals surface area contributed by atoms with Gasteiger partial charge in [-0.15, -0.1) is 0 Å². The van der Waals surface area contributed by atoms with Crippen LogP contribution in [0.5, 0.6) is 0 Å². The van der Waals surface area contributed by atoms with Gasteiger partial charge in [0.1, 0.15) is 0 Å². The molecule has 1 rings (SSSR count). The van der Waals surface area contributed by atoms with Crippen LogP contribution in [0.25, 0.3) is 0 Å². The van der Waals surface area contributed by atoms with Crippen LogP contribution in [0.3, 0.4) is 0 Å². The van der Waals surface area contributed by atoms with Crippen LogP contribution < -0.4 is 5.32 Å². The molecule has 4 nitrogen and oxygen atoms in total. The largest absolute Gasteiger partial charge is 0.380 e. The maximum atomic E-state index is 11.3. The first kappa shape index (κ1) is 14.0. The molecule has 0 spiro atoms. The number of methoxy groups -OCH3 is 1. The normalized spacial score (nSPS) is 15.3. The Balaban J connectivity index is 2.76. The molecule has 1 aromatic carbocycles. The van der Waals surface area contributed by atoms with Gasteiger partial charge in [0.15, 0.2) is 9.84 Å². The molecule has 0 aliphatic heterocycles. The smallest absolute Gasteiger partial charge is 0.175 e. The molecule has 0 aliphatic carbocycles. The predicted octanol–water partition coefficient (Wildman–Crippen LogP) is 1.93. The van der Waals surface area contributed by atoms with E-state index in [0.717, 1.165) is 5.69 Å². The number of sulfone groups is 1. The summed E-state index contributed by atoms with van der Waals surface area (Å²) in [4.78, 5) is 0.329. The Kier molecular flexibility index (Phi) is 4.54. The molecule has 2 unspecified atom stereocenters. The average Bonchev–Trinajstić information content (AvgIpc) is 2.27. The van der Waals surface area contributed by atoms with Crippen LogP contribution in [-0.4, -0.2) is 33.9 Å². The maximum Gasteiger partial charge on any atom is 0.175 e. The Morgan fingerprint density at radius 1 is 1.18 bits per heavy atom. The zero-order valence-corrected chi connectivity index (χ0v) is 11.4. The first-order valence-electron chi connectivity index (χ1n) is 5.44. The molecule has 0 bridgehead atoms. The van der Waals surface area contributed by atoms with Crippen LogP contribution in [-0.2, 0) is 14.6 Å². The highest BCUT2D eigenvalue weighted by atomic mass is 32.2. The van der Waals surface area contributed by atoms with Crippen LogP contribution >= 0.6 is 0 Å². The fourth-order valence-electron chi connectivity index (χ4n) is 1.38. The highest BCUT2D eigenvalue weighted by molar-refractivity contribution is 7.90. The minimum absolute atomic E-state index is 0.0876. The summed E-state index contributed by atoms with van der Waals surface area (Å²) in [7, 11) is -1.46. The highest BCUT2D eigenvalue weighted by Crippen LogP contribution is 2.15. The second-order valence-electron chi connectivity index (χ2n) is 4.17. The molecule has 0 saturated heterocycles. The molecule has 0 aliphatic rings. The van der Waals surface area contributed by atoms with Crippen LogP contribution in [0.2, 0.25) is 0 Å². The number of benzene rings is 1. The van der Waals surface area contributed by atoms with Gasteiger partial charge in [-0.2, -0.15) is 0 Å². The summed E-state index contributed by atoms with van der Waals surface area (Å²) in [5.41, 5.74) is 0.883. The van der Waals surface area contributed by atoms with Crippen LogP contribution in [0.15, 0.2) is 29.2 Å². The minimum Gasteiger partial charge on any atom is -0.380 e. The Labute approximate surface area is 103 Å². The van der Waals surface area contributed by atoms with Gasteiger partial charge in [0.25, 0.3) is 0 Å². The molecule has 0 fully saturated rings. The SMILES string of the molecule is COC(C)C(C)Nc1ccc(S(C)(=O)=O)cc1. The van der Waals surface area contributed by atoms with Crippen molar-refractivity contribution >= 4 is 15.5 Å². The van der Waals surface area contributed by atoms with E-state index in [1.165, 1.54) is 6.26 Å². The van der Waals surface area contributed by atoms with E-state index in [4.69, 9.17) is 4.74 Å². The van der Waals surface area contributed by atoms with Crippen molar-refractivity contribution in [3.63, 3.8) is 0 Å². The van der Waals surface area contributed by atoms with E-state index in [2.05, 4.69) is 5.32 Å². The van der Waals surface area contributed by atoms with Crippen LogP contribution in [0, 0.1) is 0 Å². The second kappa shape index (κ2) is 5.51. The fraction of sp³-hybridized carbons (Fsp3) is 0.500. The number of rotatable bonds is 5. The van der Waals surface area contributed by atoms with Gasteiger partial charge in [0, 0.05) is 25.1 Å². The summed E-state index contributed by atoms with van der Waals surface area (Å²) in [6, 6.07) is 6.87. The van der Waals surface area contributed by atoms with Gasteiger partial charge in [-0.3, -0.25) is 0 Å². The summed E-state index contributed by atoms with van der Waals surface area (Å²) < 4.78 is 27.8. The van der Waals surface area contributed by atoms with E-state index >= 15 is 0 Å². The Bertz CT molecular complexity index is 453. The van der Waals surface area contributed by atoms with Crippen molar-refractivity contribution in [2.75, 3.05) is 18.7 Å². The zero-order chi connectivity index (χ0) is 13.1. The lowest BCUT2D eigenvalue weighted by Crippen LogP contribution is -2.29. The van der Waals surface area contributed by atoms with E-state index in [9.17, 15) is 8.42 Å². The summed E-state index contributed by atoms with van der Waals surface area (Å²) >= 11 is 0. The van der Waals surface area contributed by atoms with Crippen molar-refractivity contribution in [3.8, 4) is 0 Å². The molecule has 1 N–H and O–H groups in total. The van der Waals surface area contributed by atoms with E-state index < -0.39 is 9.84 Å². The first-order chi connectivity index (χ1) is 7.84. The third-order valence-electron chi connectivity index (χ3n) is 2.75. The fourth-order valence-corrected chi connectivity index (χ4v) is 2.01. The van der Waals surface area contributed by atoms with Gasteiger partial charge in [-0.25, -0.2) is 8.42 Å². The monoisotopic (exact) mass is 257 g/mol. The molecule has 2 atom stereocenters. The number of anilines is 1. The third-order valence-corrected chi connectivity index (χ3v) is 3.88. The van der Waals surface area contributed by atoms with Gasteiger partial charge in [-0.1, -0.05) is 0 Å². The zero-order valence-electron chi connectivity index (χ0n) is 10.6. The third kappa shape index (κ3) is 4.02. The predicted molar refractivity (Wildman–Crippen MR) is 69.1 cm³/mol. The summed E-state index contributed by atoms with van der Waals surface area (Å²) in [5, 5.41) is 3.25. The summed E-state index contributed by atoms with van der Waals surface area (Å²) in [6.45, 7) is 3.99. The van der Waals surface area contributed by atoms with Gasteiger partial charge < -0.3 is 10.1 Å². The average molecular weight is 257 g/mol. The maximum absolute atomic E-state index is 11.3. The van der Waals surface area contributed by atoms with E-state index in [0.29, 0.717) is 4.90 Å². The van der Waals surface area contributed by atoms with E-state index in [1.54, 1.807) is 31.4 Å². The molecule has 0 heterocycles. The molecular formula is C12H19NO3S. The van der Waals surface area contributed by atoms with Crippen molar-refractivity contribution in [2.45, 2.75) is 30.9 Å². The molecule has 96 valence electrons. The number of ether oxygens (including phenoxy) is 1. The number of nitrogens with one attached hydrogen (secondary N) is 1. The first-order valence-corrected chi connectivity index (χ1v) is 7.33. The molecule has 5 heteroatoms. The van der Waals surface area contributed by atoms with Gasteiger partial charge in [0.2, 0.25) is 0 Å². The topological polar surface area (TPSA) is 55.4 Å². The van der Waals surface area contributed by atoms with Gasteiger partial charge in [0.05, 0.1) is 11.0 Å². The van der Waals surface area contributed by atoms with Gasteiger partial charge in [-0.05, 0) is 38.1 Å². The number of hydrogen-bond acceptors (Lipinski definition) is 4. The molecule has 17 heavy (non-hydrogen) atoms. The lowest BCUT2D eigenvalue weighted by Gasteiger charge is -2.21. The lowest BCUT2D eigenvalue weighted by molar-refractivity contribution is 0.106. The molecular weight excluding hydrogens is 238 g/mol. The van der Waals surface area contributed by atoms with Gasteiger partial charge >= 0.3 is 0 Å². The van der Waals surface area contributed by atoms with Crippen LogP contribution in [0.1, 0.15) is 13.8 Å². The Hall–Kier alpha value is -1.07.